The maximum absolute atomic E-state index is 12.9. The number of esters is 1. The maximum atomic E-state index is 12.9. The largest absolute Gasteiger partial charge is 0.462 e. The average Bonchev–Trinajstić information content (AvgIpc) is 2.84. The number of nitrogens with zero attached hydrogens (tertiary/aromatic N) is 1. The molecule has 1 aliphatic rings. The minimum atomic E-state index is -0.222. The molecule has 0 bridgehead atoms. The Morgan fingerprint density at radius 2 is 1.61 bits per heavy atom. The first-order chi connectivity index (χ1) is 15.3. The van der Waals surface area contributed by atoms with Gasteiger partial charge in [-0.05, 0) is 61.5 Å². The summed E-state index contributed by atoms with van der Waals surface area (Å²) in [6, 6.07) is 28.4. The first-order valence-electron chi connectivity index (χ1n) is 11.4. The summed E-state index contributed by atoms with van der Waals surface area (Å²) < 4.78 is 5.79. The highest BCUT2D eigenvalue weighted by Gasteiger charge is 2.22. The van der Waals surface area contributed by atoms with Crippen molar-refractivity contribution in [2.45, 2.75) is 25.7 Å². The highest BCUT2D eigenvalue weighted by Crippen LogP contribution is 2.25. The van der Waals surface area contributed by atoms with Gasteiger partial charge in [0.15, 0.2) is 0 Å². The van der Waals surface area contributed by atoms with Gasteiger partial charge in [-0.25, -0.2) is 4.79 Å². The molecule has 0 aliphatic carbocycles. The van der Waals surface area contributed by atoms with Gasteiger partial charge in [-0.3, -0.25) is 0 Å². The smallest absolute Gasteiger partial charge is 0.338 e. The number of hydrogen-bond donors (Lipinski definition) is 0. The van der Waals surface area contributed by atoms with E-state index in [1.165, 1.54) is 18.4 Å². The summed E-state index contributed by atoms with van der Waals surface area (Å²) in [5.74, 6) is 0.193. The number of ether oxygens (including phenoxy) is 1. The number of benzene rings is 3. The van der Waals surface area contributed by atoms with Gasteiger partial charge in [0.2, 0.25) is 0 Å². The van der Waals surface area contributed by atoms with Crippen molar-refractivity contribution in [1.29, 1.82) is 0 Å². The molecule has 3 aromatic carbocycles. The Bertz CT molecular complexity index is 955. The first-order valence-corrected chi connectivity index (χ1v) is 11.4. The molecule has 0 radical (unpaired) electrons. The van der Waals surface area contributed by atoms with Crippen LogP contribution in [0.25, 0.3) is 11.1 Å². The van der Waals surface area contributed by atoms with E-state index in [4.69, 9.17) is 4.74 Å². The number of likely N-dealkylation sites (tertiary alicyclic amines) is 1. The van der Waals surface area contributed by atoms with Crippen molar-refractivity contribution in [3.05, 3.63) is 96.1 Å². The molecular formula is C28H31NO2. The van der Waals surface area contributed by atoms with Crippen LogP contribution in [0.5, 0.6) is 0 Å². The Morgan fingerprint density at radius 1 is 0.903 bits per heavy atom. The van der Waals surface area contributed by atoms with E-state index in [9.17, 15) is 4.79 Å². The fourth-order valence-corrected chi connectivity index (χ4v) is 4.44. The molecule has 3 aromatic rings. The van der Waals surface area contributed by atoms with Crippen LogP contribution in [-0.2, 0) is 11.2 Å². The number of carbonyl (C=O) groups is 1. The summed E-state index contributed by atoms with van der Waals surface area (Å²) in [5.41, 5.74) is 4.02. The molecule has 31 heavy (non-hydrogen) atoms. The first kappa shape index (κ1) is 21.3. The summed E-state index contributed by atoms with van der Waals surface area (Å²) in [5, 5.41) is 0. The topological polar surface area (TPSA) is 29.5 Å². The quantitative estimate of drug-likeness (QED) is 0.434. The molecule has 0 spiro atoms. The Kier molecular flexibility index (Phi) is 7.51. The predicted octanol–water partition coefficient (Wildman–Crippen LogP) is 5.86. The molecule has 0 saturated carbocycles. The fraction of sp³-hybridized carbons (Fsp3) is 0.321. The van der Waals surface area contributed by atoms with Gasteiger partial charge in [0.25, 0.3) is 0 Å². The molecule has 160 valence electrons. The van der Waals surface area contributed by atoms with Gasteiger partial charge >= 0.3 is 5.97 Å². The summed E-state index contributed by atoms with van der Waals surface area (Å²) in [4.78, 5) is 15.4. The van der Waals surface area contributed by atoms with Crippen LogP contribution in [0.3, 0.4) is 0 Å². The average molecular weight is 414 g/mol. The van der Waals surface area contributed by atoms with E-state index in [0.29, 0.717) is 18.1 Å². The van der Waals surface area contributed by atoms with Crippen LogP contribution in [0, 0.1) is 5.92 Å². The zero-order valence-electron chi connectivity index (χ0n) is 18.1. The molecule has 3 heteroatoms. The molecule has 3 nitrogen and oxygen atoms in total. The van der Waals surface area contributed by atoms with E-state index in [1.807, 2.05) is 54.6 Å². The van der Waals surface area contributed by atoms with E-state index in [0.717, 1.165) is 43.6 Å². The maximum Gasteiger partial charge on any atom is 0.338 e. The lowest BCUT2D eigenvalue weighted by atomic mass is 9.98. The minimum absolute atomic E-state index is 0.222. The van der Waals surface area contributed by atoms with Gasteiger partial charge in [0.05, 0.1) is 12.2 Å². The molecule has 1 fully saturated rings. The van der Waals surface area contributed by atoms with Crippen LogP contribution in [0.1, 0.15) is 35.2 Å². The van der Waals surface area contributed by atoms with Crippen molar-refractivity contribution < 1.29 is 9.53 Å². The van der Waals surface area contributed by atoms with E-state index >= 15 is 0 Å². The molecule has 0 amide bonds. The third-order valence-electron chi connectivity index (χ3n) is 6.07. The summed E-state index contributed by atoms with van der Waals surface area (Å²) >= 11 is 0. The van der Waals surface area contributed by atoms with Crippen LogP contribution in [0.2, 0.25) is 0 Å². The Hall–Kier alpha value is -2.91. The fourth-order valence-electron chi connectivity index (χ4n) is 4.44. The summed E-state index contributed by atoms with van der Waals surface area (Å²) in [7, 11) is 0. The van der Waals surface area contributed by atoms with Crippen molar-refractivity contribution in [3.8, 4) is 11.1 Å². The van der Waals surface area contributed by atoms with E-state index in [2.05, 4.69) is 35.2 Å². The molecule has 1 saturated heterocycles. The lowest BCUT2D eigenvalue weighted by Gasteiger charge is -2.32. The van der Waals surface area contributed by atoms with Crippen LogP contribution < -0.4 is 0 Å². The van der Waals surface area contributed by atoms with Gasteiger partial charge < -0.3 is 9.64 Å². The van der Waals surface area contributed by atoms with Crippen molar-refractivity contribution in [1.82, 2.24) is 4.90 Å². The van der Waals surface area contributed by atoms with Crippen LogP contribution in [0.15, 0.2) is 84.9 Å². The second-order valence-electron chi connectivity index (χ2n) is 8.41. The molecule has 1 unspecified atom stereocenters. The number of rotatable bonds is 8. The number of aryl methyl sites for hydroxylation is 1. The lowest BCUT2D eigenvalue weighted by molar-refractivity contribution is 0.0354. The molecule has 1 aliphatic heterocycles. The van der Waals surface area contributed by atoms with Crippen molar-refractivity contribution in [2.75, 3.05) is 26.2 Å². The van der Waals surface area contributed by atoms with Crippen molar-refractivity contribution in [3.63, 3.8) is 0 Å². The van der Waals surface area contributed by atoms with E-state index in [1.54, 1.807) is 0 Å². The van der Waals surface area contributed by atoms with E-state index in [-0.39, 0.29) is 5.97 Å². The number of carbonyl (C=O) groups excluding carboxylic acids is 1. The van der Waals surface area contributed by atoms with Gasteiger partial charge in [-0.15, -0.1) is 0 Å². The molecule has 1 atom stereocenters. The highest BCUT2D eigenvalue weighted by atomic mass is 16.5. The predicted molar refractivity (Wildman–Crippen MR) is 126 cm³/mol. The Morgan fingerprint density at radius 3 is 2.42 bits per heavy atom. The second-order valence-corrected chi connectivity index (χ2v) is 8.41. The molecule has 1 heterocycles. The van der Waals surface area contributed by atoms with Crippen LogP contribution in [-0.4, -0.2) is 37.1 Å². The van der Waals surface area contributed by atoms with Gasteiger partial charge in [-0.2, -0.15) is 0 Å². The van der Waals surface area contributed by atoms with Gasteiger partial charge in [0, 0.05) is 12.5 Å². The second kappa shape index (κ2) is 10.9. The zero-order chi connectivity index (χ0) is 21.3. The summed E-state index contributed by atoms with van der Waals surface area (Å²) in [6.45, 7) is 3.77. The Labute approximate surface area is 185 Å². The van der Waals surface area contributed by atoms with Crippen molar-refractivity contribution in [2.24, 2.45) is 5.92 Å². The molecule has 4 rings (SSSR count). The van der Waals surface area contributed by atoms with Crippen molar-refractivity contribution >= 4 is 5.97 Å². The van der Waals surface area contributed by atoms with Gasteiger partial charge in [-0.1, -0.05) is 78.9 Å². The minimum Gasteiger partial charge on any atom is -0.462 e. The lowest BCUT2D eigenvalue weighted by Crippen LogP contribution is -2.38. The molecule has 0 aromatic heterocycles. The standard InChI is InChI=1S/C28H31NO2/c30-28(27-18-8-7-17-26(27)25-15-5-2-6-16-25)31-22-24-14-10-20-29(21-24)19-9-13-23-11-3-1-4-12-23/h1-8,11-12,15-18,24H,9-10,13-14,19-22H2. The number of piperidine rings is 1. The zero-order valence-corrected chi connectivity index (χ0v) is 18.1. The van der Waals surface area contributed by atoms with Crippen LogP contribution >= 0.6 is 0 Å². The third kappa shape index (κ3) is 6.05. The molecule has 0 N–H and O–H groups in total. The molecular weight excluding hydrogens is 382 g/mol. The van der Waals surface area contributed by atoms with Crippen LogP contribution in [0.4, 0.5) is 0 Å². The summed E-state index contributed by atoms with van der Waals surface area (Å²) in [6.07, 6.45) is 4.59. The van der Waals surface area contributed by atoms with E-state index < -0.39 is 0 Å². The SMILES string of the molecule is O=C(OCC1CCCN(CCCc2ccccc2)C1)c1ccccc1-c1ccccc1. The normalized spacial score (nSPS) is 16.7. The monoisotopic (exact) mass is 413 g/mol. The third-order valence-corrected chi connectivity index (χ3v) is 6.07. The number of hydrogen-bond acceptors (Lipinski definition) is 3. The highest BCUT2D eigenvalue weighted by molar-refractivity contribution is 5.97. The Balaban J connectivity index is 1.28. The van der Waals surface area contributed by atoms with Gasteiger partial charge in [0.1, 0.15) is 0 Å².